The molecule has 1 saturated carbocycles. The standard InChI is InChI=1S/C24H28N2O3/c1-26(2)22(28)17-24(14-8-9-15-24)16-21(27)25-20-13-7-6-12-19(20)23(29)18-10-4-3-5-11-18/h3-7,10-13H,8-9,14-17H2,1-2H3,(H,25,27). The zero-order valence-electron chi connectivity index (χ0n) is 17.1. The molecular formula is C24H28N2O3. The maximum atomic E-state index is 12.9. The Morgan fingerprint density at radius 2 is 1.52 bits per heavy atom. The van der Waals surface area contributed by atoms with Crippen molar-refractivity contribution in [2.45, 2.75) is 38.5 Å². The molecule has 152 valence electrons. The minimum atomic E-state index is -0.288. The molecule has 0 atom stereocenters. The molecule has 0 bridgehead atoms. The van der Waals surface area contributed by atoms with Crippen LogP contribution in [0.4, 0.5) is 5.69 Å². The van der Waals surface area contributed by atoms with E-state index in [1.54, 1.807) is 55.4 Å². The molecule has 0 heterocycles. The van der Waals surface area contributed by atoms with Crippen LogP contribution in [0.5, 0.6) is 0 Å². The Morgan fingerprint density at radius 1 is 0.897 bits per heavy atom. The van der Waals surface area contributed by atoms with Crippen molar-refractivity contribution in [2.24, 2.45) is 5.41 Å². The SMILES string of the molecule is CN(C)C(=O)CC1(CC(=O)Nc2ccccc2C(=O)c2ccccc2)CCCC1. The first-order valence-corrected chi connectivity index (χ1v) is 10.1. The highest BCUT2D eigenvalue weighted by molar-refractivity contribution is 6.13. The van der Waals surface area contributed by atoms with E-state index in [2.05, 4.69) is 5.32 Å². The Bertz CT molecular complexity index is 884. The number of hydrogen-bond donors (Lipinski definition) is 1. The fraction of sp³-hybridized carbons (Fsp3) is 0.375. The highest BCUT2D eigenvalue weighted by Gasteiger charge is 2.38. The monoisotopic (exact) mass is 392 g/mol. The molecule has 0 aromatic heterocycles. The van der Waals surface area contributed by atoms with Gasteiger partial charge in [0.2, 0.25) is 11.8 Å². The number of para-hydroxylation sites is 1. The number of nitrogens with zero attached hydrogens (tertiary/aromatic N) is 1. The van der Waals surface area contributed by atoms with Crippen LogP contribution in [0.25, 0.3) is 0 Å². The second-order valence-electron chi connectivity index (χ2n) is 8.14. The van der Waals surface area contributed by atoms with Gasteiger partial charge < -0.3 is 10.2 Å². The maximum Gasteiger partial charge on any atom is 0.224 e. The summed E-state index contributed by atoms with van der Waals surface area (Å²) in [4.78, 5) is 39.6. The number of nitrogens with one attached hydrogen (secondary N) is 1. The molecule has 1 N–H and O–H groups in total. The average molecular weight is 392 g/mol. The predicted octanol–water partition coefficient (Wildman–Crippen LogP) is 4.28. The molecule has 3 rings (SSSR count). The lowest BCUT2D eigenvalue weighted by Crippen LogP contribution is -2.32. The van der Waals surface area contributed by atoms with Gasteiger partial charge in [0.1, 0.15) is 0 Å². The molecule has 5 heteroatoms. The van der Waals surface area contributed by atoms with E-state index < -0.39 is 0 Å². The Balaban J connectivity index is 1.75. The van der Waals surface area contributed by atoms with Crippen LogP contribution >= 0.6 is 0 Å². The number of rotatable bonds is 7. The summed E-state index contributed by atoms with van der Waals surface area (Å²) in [7, 11) is 3.49. The minimum absolute atomic E-state index is 0.0550. The van der Waals surface area contributed by atoms with Crippen molar-refractivity contribution in [1.82, 2.24) is 4.90 Å². The van der Waals surface area contributed by atoms with Crippen molar-refractivity contribution in [2.75, 3.05) is 19.4 Å². The van der Waals surface area contributed by atoms with E-state index >= 15 is 0 Å². The molecule has 29 heavy (non-hydrogen) atoms. The quantitative estimate of drug-likeness (QED) is 0.715. The summed E-state index contributed by atoms with van der Waals surface area (Å²) in [6.07, 6.45) is 4.52. The Labute approximate surface area is 172 Å². The van der Waals surface area contributed by atoms with Crippen LogP contribution in [0.2, 0.25) is 0 Å². The highest BCUT2D eigenvalue weighted by atomic mass is 16.2. The van der Waals surface area contributed by atoms with E-state index in [1.165, 1.54) is 0 Å². The van der Waals surface area contributed by atoms with Crippen LogP contribution in [-0.2, 0) is 9.59 Å². The lowest BCUT2D eigenvalue weighted by Gasteiger charge is -2.29. The molecule has 1 aliphatic rings. The third-order valence-electron chi connectivity index (χ3n) is 5.71. The van der Waals surface area contributed by atoms with E-state index in [0.717, 1.165) is 25.7 Å². The number of carbonyl (C=O) groups is 3. The van der Waals surface area contributed by atoms with Crippen LogP contribution in [0.1, 0.15) is 54.4 Å². The second kappa shape index (κ2) is 9.03. The molecule has 0 radical (unpaired) electrons. The van der Waals surface area contributed by atoms with E-state index in [-0.39, 0.29) is 23.0 Å². The van der Waals surface area contributed by atoms with Crippen molar-refractivity contribution in [3.8, 4) is 0 Å². The summed E-state index contributed by atoms with van der Waals surface area (Å²) in [5, 5.41) is 2.93. The van der Waals surface area contributed by atoms with Gasteiger partial charge in [-0.05, 0) is 30.4 Å². The number of ketones is 1. The smallest absolute Gasteiger partial charge is 0.224 e. The fourth-order valence-corrected chi connectivity index (χ4v) is 4.09. The Hall–Kier alpha value is -2.95. The largest absolute Gasteiger partial charge is 0.349 e. The van der Waals surface area contributed by atoms with Gasteiger partial charge in [-0.1, -0.05) is 55.3 Å². The van der Waals surface area contributed by atoms with Crippen molar-refractivity contribution >= 4 is 23.3 Å². The zero-order valence-corrected chi connectivity index (χ0v) is 17.1. The van der Waals surface area contributed by atoms with Gasteiger partial charge in [0.25, 0.3) is 0 Å². The first kappa shape index (κ1) is 20.8. The molecule has 5 nitrogen and oxygen atoms in total. The van der Waals surface area contributed by atoms with Gasteiger partial charge >= 0.3 is 0 Å². The summed E-state index contributed by atoms with van der Waals surface area (Å²) < 4.78 is 0. The van der Waals surface area contributed by atoms with Crippen LogP contribution in [0, 0.1) is 5.41 Å². The minimum Gasteiger partial charge on any atom is -0.349 e. The van der Waals surface area contributed by atoms with Crippen molar-refractivity contribution in [1.29, 1.82) is 0 Å². The van der Waals surface area contributed by atoms with E-state index in [1.807, 2.05) is 18.2 Å². The van der Waals surface area contributed by atoms with E-state index in [0.29, 0.717) is 29.7 Å². The lowest BCUT2D eigenvalue weighted by molar-refractivity contribution is -0.131. The molecule has 0 saturated heterocycles. The number of benzene rings is 2. The molecule has 1 fully saturated rings. The molecular weight excluding hydrogens is 364 g/mol. The maximum absolute atomic E-state index is 12.9. The zero-order chi connectivity index (χ0) is 20.9. The van der Waals surface area contributed by atoms with Gasteiger partial charge in [0.05, 0.1) is 5.69 Å². The van der Waals surface area contributed by atoms with Crippen LogP contribution in [0.15, 0.2) is 54.6 Å². The van der Waals surface area contributed by atoms with Gasteiger partial charge in [-0.2, -0.15) is 0 Å². The molecule has 1 aliphatic carbocycles. The Kier molecular flexibility index (Phi) is 6.47. The third-order valence-corrected chi connectivity index (χ3v) is 5.71. The van der Waals surface area contributed by atoms with E-state index in [9.17, 15) is 14.4 Å². The molecule has 0 aliphatic heterocycles. The molecule has 2 aromatic rings. The average Bonchev–Trinajstić information content (AvgIpc) is 3.16. The van der Waals surface area contributed by atoms with Crippen LogP contribution in [-0.4, -0.2) is 36.6 Å². The van der Waals surface area contributed by atoms with Gasteiger partial charge in [0, 0.05) is 38.1 Å². The first-order chi connectivity index (χ1) is 13.9. The number of amides is 2. The van der Waals surface area contributed by atoms with Crippen molar-refractivity contribution in [3.63, 3.8) is 0 Å². The number of carbonyl (C=O) groups excluding carboxylic acids is 3. The topological polar surface area (TPSA) is 66.5 Å². The van der Waals surface area contributed by atoms with Gasteiger partial charge in [-0.3, -0.25) is 14.4 Å². The molecule has 0 unspecified atom stereocenters. The van der Waals surface area contributed by atoms with Gasteiger partial charge in [0.15, 0.2) is 5.78 Å². The van der Waals surface area contributed by atoms with Crippen LogP contribution in [0.3, 0.4) is 0 Å². The summed E-state index contributed by atoms with van der Waals surface area (Å²) >= 11 is 0. The second-order valence-corrected chi connectivity index (χ2v) is 8.14. The predicted molar refractivity (Wildman–Crippen MR) is 114 cm³/mol. The number of hydrogen-bond acceptors (Lipinski definition) is 3. The molecule has 2 amide bonds. The Morgan fingerprint density at radius 3 is 2.17 bits per heavy atom. The summed E-state index contributed by atoms with van der Waals surface area (Å²) in [6, 6.07) is 16.1. The summed E-state index contributed by atoms with van der Waals surface area (Å²) in [5.74, 6) is -0.217. The first-order valence-electron chi connectivity index (χ1n) is 10.1. The van der Waals surface area contributed by atoms with Crippen molar-refractivity contribution in [3.05, 3.63) is 65.7 Å². The summed E-state index contributed by atoms with van der Waals surface area (Å²) in [5.41, 5.74) is 1.28. The third kappa shape index (κ3) is 5.11. The molecule has 2 aromatic carbocycles. The normalized spacial score (nSPS) is 15.0. The fourth-order valence-electron chi connectivity index (χ4n) is 4.09. The summed E-state index contributed by atoms with van der Waals surface area (Å²) in [6.45, 7) is 0. The highest BCUT2D eigenvalue weighted by Crippen LogP contribution is 2.44. The van der Waals surface area contributed by atoms with Gasteiger partial charge in [-0.15, -0.1) is 0 Å². The lowest BCUT2D eigenvalue weighted by atomic mass is 9.78. The van der Waals surface area contributed by atoms with Crippen LogP contribution < -0.4 is 5.32 Å². The van der Waals surface area contributed by atoms with Gasteiger partial charge in [-0.25, -0.2) is 0 Å². The van der Waals surface area contributed by atoms with Crippen molar-refractivity contribution < 1.29 is 14.4 Å². The van der Waals surface area contributed by atoms with E-state index in [4.69, 9.17) is 0 Å². The molecule has 0 spiro atoms. The number of anilines is 1.